The Kier molecular flexibility index (Phi) is 6.47. The number of quaternary nitrogens is 1. The zero-order valence-electron chi connectivity index (χ0n) is 15.6. The van der Waals surface area contributed by atoms with Gasteiger partial charge in [0.05, 0.1) is 42.2 Å². The van der Waals surface area contributed by atoms with E-state index in [2.05, 4.69) is 5.32 Å². The fourth-order valence-electron chi connectivity index (χ4n) is 3.18. The summed E-state index contributed by atoms with van der Waals surface area (Å²) in [4.78, 5) is 12.3. The summed E-state index contributed by atoms with van der Waals surface area (Å²) in [5.41, 5.74) is -0.828. The molecule has 1 aliphatic rings. The lowest BCUT2D eigenvalue weighted by molar-refractivity contribution is -0.895. The SMILES string of the molecule is N#Cc1ccsc1NC(=O)C[NH+]1CCN(S(=O)(=O)c2ccccc2C(F)(F)F)CC1. The molecular formula is C18H18F3N4O3S2+. The summed E-state index contributed by atoms with van der Waals surface area (Å²) in [6, 6.07) is 7.68. The summed E-state index contributed by atoms with van der Waals surface area (Å²) >= 11 is 1.23. The van der Waals surface area contributed by atoms with Crippen LogP contribution < -0.4 is 10.2 Å². The van der Waals surface area contributed by atoms with Gasteiger partial charge >= 0.3 is 6.18 Å². The summed E-state index contributed by atoms with van der Waals surface area (Å²) in [6.07, 6.45) is -4.78. The van der Waals surface area contributed by atoms with Gasteiger partial charge in [0.2, 0.25) is 10.0 Å². The van der Waals surface area contributed by atoms with Gasteiger partial charge in [-0.25, -0.2) is 8.42 Å². The van der Waals surface area contributed by atoms with E-state index in [4.69, 9.17) is 5.26 Å². The normalized spacial score (nSPS) is 16.2. The third kappa shape index (κ3) is 4.81. The van der Waals surface area contributed by atoms with Crippen molar-refractivity contribution in [3.63, 3.8) is 0 Å². The molecule has 0 atom stereocenters. The minimum absolute atomic E-state index is 0.000411. The number of sulfonamides is 1. The Morgan fingerprint density at radius 2 is 1.90 bits per heavy atom. The zero-order chi connectivity index (χ0) is 21.9. The molecule has 160 valence electrons. The van der Waals surface area contributed by atoms with Crippen LogP contribution in [0, 0.1) is 11.3 Å². The average Bonchev–Trinajstić information content (AvgIpc) is 3.14. The van der Waals surface area contributed by atoms with E-state index in [1.54, 1.807) is 11.4 Å². The maximum atomic E-state index is 13.2. The molecule has 12 heteroatoms. The number of thiophene rings is 1. The second kappa shape index (κ2) is 8.73. The molecule has 0 saturated carbocycles. The standard InChI is InChI=1S/C18H17F3N4O3S2/c19-18(20,21)14-3-1-2-4-15(14)30(27,28)25-8-6-24(7-9-25)12-16(26)23-17-13(11-22)5-10-29-17/h1-5,10H,6-9,12H2,(H,23,26)/p+1. The number of benzene rings is 1. The van der Waals surface area contributed by atoms with Crippen LogP contribution in [0.25, 0.3) is 0 Å². The van der Waals surface area contributed by atoms with Crippen molar-refractivity contribution < 1.29 is 31.3 Å². The molecular weight excluding hydrogens is 441 g/mol. The number of carbonyl (C=O) groups excluding carboxylic acids is 1. The first-order chi connectivity index (χ1) is 14.1. The number of alkyl halides is 3. The smallest absolute Gasteiger partial charge is 0.325 e. The molecule has 2 heterocycles. The number of nitrogens with zero attached hydrogens (tertiary/aromatic N) is 2. The number of rotatable bonds is 5. The van der Waals surface area contributed by atoms with Gasteiger partial charge in [-0.1, -0.05) is 12.1 Å². The lowest BCUT2D eigenvalue weighted by Crippen LogP contribution is -3.15. The van der Waals surface area contributed by atoms with E-state index in [-0.39, 0.29) is 38.6 Å². The fraction of sp³-hybridized carbons (Fsp3) is 0.333. The number of hydrogen-bond donors (Lipinski definition) is 2. The molecule has 1 amide bonds. The lowest BCUT2D eigenvalue weighted by atomic mass is 10.2. The predicted molar refractivity (Wildman–Crippen MR) is 103 cm³/mol. The molecule has 2 N–H and O–H groups in total. The van der Waals surface area contributed by atoms with Gasteiger partial charge in [-0.3, -0.25) is 4.79 Å². The van der Waals surface area contributed by atoms with Crippen LogP contribution in [0.5, 0.6) is 0 Å². The Bertz CT molecular complexity index is 1070. The van der Waals surface area contributed by atoms with Crippen molar-refractivity contribution in [2.75, 3.05) is 38.0 Å². The maximum absolute atomic E-state index is 13.2. The molecule has 3 rings (SSSR count). The Morgan fingerprint density at radius 1 is 1.23 bits per heavy atom. The number of carbonyl (C=O) groups is 1. The molecule has 1 fully saturated rings. The molecule has 0 unspecified atom stereocenters. The first kappa shape index (κ1) is 22.2. The number of nitrogens with one attached hydrogen (secondary N) is 2. The summed E-state index contributed by atoms with van der Waals surface area (Å²) in [5, 5.41) is 13.8. The highest BCUT2D eigenvalue weighted by atomic mass is 32.2. The van der Waals surface area contributed by atoms with Gasteiger partial charge in [-0.15, -0.1) is 11.3 Å². The van der Waals surface area contributed by atoms with Crippen LogP contribution in [0.2, 0.25) is 0 Å². The van der Waals surface area contributed by atoms with E-state index >= 15 is 0 Å². The summed E-state index contributed by atoms with van der Waals surface area (Å²) < 4.78 is 66.2. The highest BCUT2D eigenvalue weighted by Crippen LogP contribution is 2.35. The Hall–Kier alpha value is -2.46. The van der Waals surface area contributed by atoms with Crippen molar-refractivity contribution in [1.82, 2.24) is 4.31 Å². The van der Waals surface area contributed by atoms with E-state index < -0.39 is 26.7 Å². The topological polar surface area (TPSA) is 94.7 Å². The fourth-order valence-corrected chi connectivity index (χ4v) is 5.58. The second-order valence-electron chi connectivity index (χ2n) is 6.65. The Morgan fingerprint density at radius 3 is 2.53 bits per heavy atom. The van der Waals surface area contributed by atoms with Crippen molar-refractivity contribution >= 4 is 32.3 Å². The summed E-state index contributed by atoms with van der Waals surface area (Å²) in [6.45, 7) is 0.613. The predicted octanol–water partition coefficient (Wildman–Crippen LogP) is 1.17. The highest BCUT2D eigenvalue weighted by molar-refractivity contribution is 7.89. The van der Waals surface area contributed by atoms with Gasteiger partial charge in [-0.05, 0) is 23.6 Å². The molecule has 0 radical (unpaired) electrons. The van der Waals surface area contributed by atoms with Gasteiger partial charge in [0, 0.05) is 0 Å². The summed E-state index contributed by atoms with van der Waals surface area (Å²) in [5.74, 6) is -0.317. The summed E-state index contributed by atoms with van der Waals surface area (Å²) in [7, 11) is -4.31. The van der Waals surface area contributed by atoms with E-state index in [0.717, 1.165) is 27.4 Å². The van der Waals surface area contributed by atoms with E-state index in [1.807, 2.05) is 6.07 Å². The molecule has 0 spiro atoms. The monoisotopic (exact) mass is 459 g/mol. The Balaban J connectivity index is 1.63. The van der Waals surface area contributed by atoms with Crippen molar-refractivity contribution in [3.8, 4) is 6.07 Å². The minimum atomic E-state index is -4.78. The van der Waals surface area contributed by atoms with Gasteiger partial charge < -0.3 is 10.2 Å². The van der Waals surface area contributed by atoms with Crippen molar-refractivity contribution in [2.24, 2.45) is 0 Å². The number of anilines is 1. The molecule has 0 aliphatic carbocycles. The van der Waals surface area contributed by atoms with Gasteiger partial charge in [-0.2, -0.15) is 22.7 Å². The third-order valence-corrected chi connectivity index (χ3v) is 7.48. The molecule has 1 aromatic carbocycles. The Labute approximate surface area is 175 Å². The number of halogens is 3. The number of piperazine rings is 1. The first-order valence-electron chi connectivity index (χ1n) is 8.90. The van der Waals surface area contributed by atoms with Crippen molar-refractivity contribution in [1.29, 1.82) is 5.26 Å². The zero-order valence-corrected chi connectivity index (χ0v) is 17.2. The van der Waals surface area contributed by atoms with E-state index in [1.165, 1.54) is 17.4 Å². The van der Waals surface area contributed by atoms with Gasteiger partial charge in [0.1, 0.15) is 11.1 Å². The van der Waals surface area contributed by atoms with Crippen LogP contribution in [0.3, 0.4) is 0 Å². The highest BCUT2D eigenvalue weighted by Gasteiger charge is 2.40. The molecule has 1 aromatic heterocycles. The number of amides is 1. The molecule has 1 aliphatic heterocycles. The second-order valence-corrected chi connectivity index (χ2v) is 9.47. The number of hydrogen-bond acceptors (Lipinski definition) is 5. The first-order valence-corrected chi connectivity index (χ1v) is 11.2. The van der Waals surface area contributed by atoms with Crippen LogP contribution in [0.15, 0.2) is 40.6 Å². The van der Waals surface area contributed by atoms with Crippen molar-refractivity contribution in [3.05, 3.63) is 46.8 Å². The van der Waals surface area contributed by atoms with Gasteiger partial charge in [0.15, 0.2) is 6.54 Å². The largest absolute Gasteiger partial charge is 0.417 e. The molecule has 30 heavy (non-hydrogen) atoms. The van der Waals surface area contributed by atoms with Crippen LogP contribution >= 0.6 is 11.3 Å². The average molecular weight is 459 g/mol. The van der Waals surface area contributed by atoms with Crippen LogP contribution in [0.4, 0.5) is 18.2 Å². The molecule has 2 aromatic rings. The minimum Gasteiger partial charge on any atom is -0.325 e. The van der Waals surface area contributed by atoms with E-state index in [9.17, 15) is 26.4 Å². The molecule has 1 saturated heterocycles. The quantitative estimate of drug-likeness (QED) is 0.702. The van der Waals surface area contributed by atoms with Gasteiger partial charge in [0.25, 0.3) is 5.91 Å². The lowest BCUT2D eigenvalue weighted by Gasteiger charge is -2.31. The van der Waals surface area contributed by atoms with Crippen LogP contribution in [0.1, 0.15) is 11.1 Å². The van der Waals surface area contributed by atoms with Crippen molar-refractivity contribution in [2.45, 2.75) is 11.1 Å². The van der Waals surface area contributed by atoms with Crippen LogP contribution in [-0.2, 0) is 21.0 Å². The van der Waals surface area contributed by atoms with E-state index in [0.29, 0.717) is 10.6 Å². The third-order valence-electron chi connectivity index (χ3n) is 4.69. The molecule has 0 bridgehead atoms. The number of nitriles is 1. The van der Waals surface area contributed by atoms with Crippen LogP contribution in [-0.4, -0.2) is 51.4 Å². The molecule has 7 nitrogen and oxygen atoms in total. The maximum Gasteiger partial charge on any atom is 0.417 e.